The molecule has 0 unspecified atom stereocenters. The Balaban J connectivity index is 0. The summed E-state index contributed by atoms with van der Waals surface area (Å²) >= 11 is 0. The van der Waals surface area contributed by atoms with Crippen molar-refractivity contribution in [3.05, 3.63) is 23.3 Å². The van der Waals surface area contributed by atoms with Crippen LogP contribution in [-0.2, 0) is 0 Å². The molecule has 1 heteroatoms. The summed E-state index contributed by atoms with van der Waals surface area (Å²) in [6, 6.07) is 0. The maximum atomic E-state index is 5.54. The molecule has 0 saturated heterocycles. The summed E-state index contributed by atoms with van der Waals surface area (Å²) in [6.45, 7) is 11.3. The van der Waals surface area contributed by atoms with E-state index in [1.807, 2.05) is 13.8 Å². The highest BCUT2D eigenvalue weighted by molar-refractivity contribution is 5.30. The molecule has 2 N–H and O–H groups in total. The van der Waals surface area contributed by atoms with Crippen molar-refractivity contribution in [2.75, 3.05) is 6.54 Å². The van der Waals surface area contributed by atoms with E-state index in [0.717, 1.165) is 19.3 Å². The highest BCUT2D eigenvalue weighted by Crippen LogP contribution is 2.19. The molecular formula is C14H29N. The molecule has 0 aliphatic rings. The van der Waals surface area contributed by atoms with Crippen LogP contribution in [0.4, 0.5) is 0 Å². The molecule has 0 amide bonds. The SMILES string of the molecule is CC.CC/C=C(CC)\C(=C/CN)CCC. The van der Waals surface area contributed by atoms with Gasteiger partial charge in [-0.15, -0.1) is 0 Å². The second kappa shape index (κ2) is 13.4. The molecule has 0 aliphatic heterocycles. The van der Waals surface area contributed by atoms with E-state index in [-0.39, 0.29) is 0 Å². The molecule has 0 heterocycles. The first-order valence-electron chi connectivity index (χ1n) is 6.38. The Morgan fingerprint density at radius 3 is 1.93 bits per heavy atom. The highest BCUT2D eigenvalue weighted by atomic mass is 14.5. The summed E-state index contributed by atoms with van der Waals surface area (Å²) < 4.78 is 0. The Morgan fingerprint density at radius 2 is 1.60 bits per heavy atom. The third-order valence-corrected chi connectivity index (χ3v) is 2.13. The molecule has 0 saturated carbocycles. The van der Waals surface area contributed by atoms with Gasteiger partial charge in [0.1, 0.15) is 0 Å². The Labute approximate surface area is 96.5 Å². The molecule has 0 aromatic heterocycles. The Bertz CT molecular complexity index is 178. The third kappa shape index (κ3) is 8.44. The summed E-state index contributed by atoms with van der Waals surface area (Å²) in [5, 5.41) is 0. The lowest BCUT2D eigenvalue weighted by molar-refractivity contribution is 0.882. The van der Waals surface area contributed by atoms with Crippen molar-refractivity contribution in [1.82, 2.24) is 0 Å². The quantitative estimate of drug-likeness (QED) is 0.646. The first-order chi connectivity index (χ1) is 7.29. The van der Waals surface area contributed by atoms with E-state index in [2.05, 4.69) is 32.9 Å². The summed E-state index contributed by atoms with van der Waals surface area (Å²) in [5.41, 5.74) is 8.48. The van der Waals surface area contributed by atoms with Crippen LogP contribution in [0.15, 0.2) is 23.3 Å². The van der Waals surface area contributed by atoms with Crippen molar-refractivity contribution in [2.24, 2.45) is 5.73 Å². The zero-order chi connectivity index (χ0) is 12.1. The normalized spacial score (nSPS) is 12.1. The van der Waals surface area contributed by atoms with Crippen LogP contribution in [0.2, 0.25) is 0 Å². The molecule has 0 aliphatic carbocycles. The van der Waals surface area contributed by atoms with Gasteiger partial charge in [0, 0.05) is 6.54 Å². The van der Waals surface area contributed by atoms with Crippen LogP contribution in [-0.4, -0.2) is 6.54 Å². The van der Waals surface area contributed by atoms with Crippen LogP contribution in [0.5, 0.6) is 0 Å². The van der Waals surface area contributed by atoms with Gasteiger partial charge in [-0.1, -0.05) is 53.2 Å². The largest absolute Gasteiger partial charge is 0.327 e. The molecule has 15 heavy (non-hydrogen) atoms. The fourth-order valence-corrected chi connectivity index (χ4v) is 1.55. The number of allylic oxidation sites excluding steroid dienone is 3. The lowest BCUT2D eigenvalue weighted by Gasteiger charge is -2.09. The zero-order valence-corrected chi connectivity index (χ0v) is 11.3. The minimum absolute atomic E-state index is 0.663. The van der Waals surface area contributed by atoms with E-state index in [4.69, 9.17) is 5.73 Å². The van der Waals surface area contributed by atoms with Crippen LogP contribution in [0, 0.1) is 0 Å². The van der Waals surface area contributed by atoms with Gasteiger partial charge in [-0.2, -0.15) is 0 Å². The van der Waals surface area contributed by atoms with Gasteiger partial charge < -0.3 is 5.73 Å². The van der Waals surface area contributed by atoms with Gasteiger partial charge in [0.05, 0.1) is 0 Å². The van der Waals surface area contributed by atoms with E-state index in [0.29, 0.717) is 6.54 Å². The first-order valence-corrected chi connectivity index (χ1v) is 6.38. The minimum Gasteiger partial charge on any atom is -0.327 e. The van der Waals surface area contributed by atoms with E-state index < -0.39 is 0 Å². The molecule has 1 nitrogen and oxygen atoms in total. The van der Waals surface area contributed by atoms with Crippen LogP contribution < -0.4 is 5.73 Å². The maximum absolute atomic E-state index is 5.54. The average molecular weight is 211 g/mol. The monoisotopic (exact) mass is 211 g/mol. The summed E-state index contributed by atoms with van der Waals surface area (Å²) in [4.78, 5) is 0. The number of hydrogen-bond acceptors (Lipinski definition) is 1. The van der Waals surface area contributed by atoms with Gasteiger partial charge in [-0.3, -0.25) is 0 Å². The van der Waals surface area contributed by atoms with Crippen LogP contribution in [0.1, 0.15) is 60.3 Å². The number of nitrogens with two attached hydrogens (primary N) is 1. The van der Waals surface area contributed by atoms with Gasteiger partial charge >= 0.3 is 0 Å². The van der Waals surface area contributed by atoms with Crippen molar-refractivity contribution in [3.63, 3.8) is 0 Å². The van der Waals surface area contributed by atoms with Gasteiger partial charge in [0.25, 0.3) is 0 Å². The summed E-state index contributed by atoms with van der Waals surface area (Å²) in [5.74, 6) is 0. The Kier molecular flexibility index (Phi) is 15.1. The van der Waals surface area contributed by atoms with Gasteiger partial charge in [0.2, 0.25) is 0 Å². The van der Waals surface area contributed by atoms with Crippen molar-refractivity contribution >= 4 is 0 Å². The van der Waals surface area contributed by atoms with Crippen molar-refractivity contribution in [2.45, 2.75) is 60.3 Å². The number of rotatable bonds is 6. The predicted molar refractivity (Wildman–Crippen MR) is 72.1 cm³/mol. The molecule has 0 spiro atoms. The third-order valence-electron chi connectivity index (χ3n) is 2.13. The smallest absolute Gasteiger partial charge is 0.0112 e. The second-order valence-corrected chi connectivity index (χ2v) is 3.21. The predicted octanol–water partition coefficient (Wildman–Crippen LogP) is 4.44. The minimum atomic E-state index is 0.663. The molecule has 0 radical (unpaired) electrons. The molecule has 0 aromatic carbocycles. The Morgan fingerprint density at radius 1 is 1.00 bits per heavy atom. The van der Waals surface area contributed by atoms with Crippen LogP contribution in [0.3, 0.4) is 0 Å². The second-order valence-electron chi connectivity index (χ2n) is 3.21. The standard InChI is InChI=1S/C12H23N.C2H6/c1-4-7-11(6-3)12(8-5-2)9-10-13;1-2/h7,9H,4-6,8,10,13H2,1-3H3;1-2H3/b11-7-,12-9-;. The van der Waals surface area contributed by atoms with E-state index in [9.17, 15) is 0 Å². The van der Waals surface area contributed by atoms with Crippen molar-refractivity contribution < 1.29 is 0 Å². The summed E-state index contributed by atoms with van der Waals surface area (Å²) in [7, 11) is 0. The molecule has 0 aromatic rings. The lowest BCUT2D eigenvalue weighted by atomic mass is 9.98. The lowest BCUT2D eigenvalue weighted by Crippen LogP contribution is -1.98. The fraction of sp³-hybridized carbons (Fsp3) is 0.714. The molecule has 0 rings (SSSR count). The molecule has 0 bridgehead atoms. The topological polar surface area (TPSA) is 26.0 Å². The van der Waals surface area contributed by atoms with Crippen LogP contribution >= 0.6 is 0 Å². The molecule has 90 valence electrons. The van der Waals surface area contributed by atoms with Gasteiger partial charge in [-0.25, -0.2) is 0 Å². The molecular weight excluding hydrogens is 182 g/mol. The van der Waals surface area contributed by atoms with Gasteiger partial charge in [0.15, 0.2) is 0 Å². The van der Waals surface area contributed by atoms with E-state index >= 15 is 0 Å². The highest BCUT2D eigenvalue weighted by Gasteiger charge is 2.00. The number of hydrogen-bond donors (Lipinski definition) is 1. The molecule has 0 fully saturated rings. The average Bonchev–Trinajstić information content (AvgIpc) is 2.28. The fourth-order valence-electron chi connectivity index (χ4n) is 1.55. The van der Waals surface area contributed by atoms with E-state index in [1.54, 1.807) is 0 Å². The van der Waals surface area contributed by atoms with Crippen LogP contribution in [0.25, 0.3) is 0 Å². The van der Waals surface area contributed by atoms with E-state index in [1.165, 1.54) is 17.6 Å². The Hall–Kier alpha value is -0.560. The first kappa shape index (κ1) is 16.9. The summed E-state index contributed by atoms with van der Waals surface area (Å²) in [6.07, 6.45) is 9.09. The zero-order valence-electron chi connectivity index (χ0n) is 11.3. The van der Waals surface area contributed by atoms with Crippen molar-refractivity contribution in [3.8, 4) is 0 Å². The molecule has 0 atom stereocenters. The maximum Gasteiger partial charge on any atom is 0.0112 e. The van der Waals surface area contributed by atoms with Gasteiger partial charge in [-0.05, 0) is 30.4 Å². The van der Waals surface area contributed by atoms with Crippen molar-refractivity contribution in [1.29, 1.82) is 0 Å².